The lowest BCUT2D eigenvalue weighted by molar-refractivity contribution is 0.136. The Kier molecular flexibility index (Phi) is 6.85. The third-order valence-electron chi connectivity index (χ3n) is 2.23. The van der Waals surface area contributed by atoms with Crippen molar-refractivity contribution in [1.29, 1.82) is 0 Å². The Bertz CT molecular complexity index is 164. The summed E-state index contributed by atoms with van der Waals surface area (Å²) < 4.78 is 5.41. The third kappa shape index (κ3) is 7.10. The molecule has 0 spiro atoms. The third-order valence-corrected chi connectivity index (χ3v) is 2.23. The minimum atomic E-state index is 0.182. The number of ether oxygens (including phenoxy) is 1. The van der Waals surface area contributed by atoms with Crippen LogP contribution in [-0.4, -0.2) is 19.8 Å². The van der Waals surface area contributed by atoms with Gasteiger partial charge in [0, 0.05) is 6.61 Å². The largest absolute Gasteiger partial charge is 0.381 e. The first-order chi connectivity index (χ1) is 6.52. The van der Waals surface area contributed by atoms with Gasteiger partial charge < -0.3 is 10.5 Å². The van der Waals surface area contributed by atoms with E-state index < -0.39 is 0 Å². The van der Waals surface area contributed by atoms with Crippen molar-refractivity contribution in [2.45, 2.75) is 40.0 Å². The second-order valence-corrected chi connectivity index (χ2v) is 4.66. The van der Waals surface area contributed by atoms with Crippen molar-refractivity contribution in [1.82, 2.24) is 0 Å². The molecule has 0 aliphatic heterocycles. The van der Waals surface area contributed by atoms with Gasteiger partial charge in [0.1, 0.15) is 0 Å². The van der Waals surface area contributed by atoms with Crippen LogP contribution in [0.3, 0.4) is 0 Å². The molecular formula is C12H25NO. The molecule has 0 saturated heterocycles. The van der Waals surface area contributed by atoms with Crippen LogP contribution in [-0.2, 0) is 4.74 Å². The molecule has 14 heavy (non-hydrogen) atoms. The monoisotopic (exact) mass is 199 g/mol. The molecule has 0 amide bonds. The summed E-state index contributed by atoms with van der Waals surface area (Å²) in [6.07, 6.45) is 3.04. The first-order valence-electron chi connectivity index (χ1n) is 5.46. The van der Waals surface area contributed by atoms with Crippen molar-refractivity contribution in [2.75, 3.05) is 19.8 Å². The molecule has 0 saturated carbocycles. The van der Waals surface area contributed by atoms with E-state index in [1.807, 2.05) is 0 Å². The van der Waals surface area contributed by atoms with Crippen molar-refractivity contribution in [3.8, 4) is 0 Å². The van der Waals surface area contributed by atoms with Gasteiger partial charge in [-0.1, -0.05) is 32.9 Å². The molecule has 0 unspecified atom stereocenters. The van der Waals surface area contributed by atoms with Gasteiger partial charge in [-0.3, -0.25) is 0 Å². The number of hydrogen-bond donors (Lipinski definition) is 1. The van der Waals surface area contributed by atoms with E-state index in [0.29, 0.717) is 6.54 Å². The summed E-state index contributed by atoms with van der Waals surface area (Å²) in [5, 5.41) is 0. The summed E-state index contributed by atoms with van der Waals surface area (Å²) in [7, 11) is 0. The first kappa shape index (κ1) is 13.7. The first-order valence-corrected chi connectivity index (χ1v) is 5.46. The van der Waals surface area contributed by atoms with Crippen LogP contribution in [0.4, 0.5) is 0 Å². The fraction of sp³-hybridized carbons (Fsp3) is 0.833. The predicted molar refractivity (Wildman–Crippen MR) is 62.3 cm³/mol. The Labute approximate surface area is 88.5 Å². The molecule has 0 aliphatic rings. The van der Waals surface area contributed by atoms with Gasteiger partial charge in [0.15, 0.2) is 0 Å². The highest BCUT2D eigenvalue weighted by atomic mass is 16.5. The molecule has 0 aromatic carbocycles. The highest BCUT2D eigenvalue weighted by Crippen LogP contribution is 2.24. The lowest BCUT2D eigenvalue weighted by atomic mass is 9.85. The molecule has 84 valence electrons. The molecule has 2 N–H and O–H groups in total. The number of hydrogen-bond acceptors (Lipinski definition) is 2. The standard InChI is InChI=1S/C12H25NO/c1-5-7-14-8-6-11(2)9-12(3,4)10-13/h2,5-10,13H2,1,3-4H3. The smallest absolute Gasteiger partial charge is 0.0503 e. The van der Waals surface area contributed by atoms with Crippen LogP contribution in [0.25, 0.3) is 0 Å². The topological polar surface area (TPSA) is 35.2 Å². The summed E-state index contributed by atoms with van der Waals surface area (Å²) >= 11 is 0. The van der Waals surface area contributed by atoms with Crippen molar-refractivity contribution in [3.05, 3.63) is 12.2 Å². The van der Waals surface area contributed by atoms with Gasteiger partial charge in [-0.15, -0.1) is 0 Å². The Morgan fingerprint density at radius 3 is 2.50 bits per heavy atom. The van der Waals surface area contributed by atoms with Crippen LogP contribution in [0.5, 0.6) is 0 Å². The van der Waals surface area contributed by atoms with Gasteiger partial charge >= 0.3 is 0 Å². The molecule has 0 fully saturated rings. The highest BCUT2D eigenvalue weighted by Gasteiger charge is 2.16. The highest BCUT2D eigenvalue weighted by molar-refractivity contribution is 4.98. The van der Waals surface area contributed by atoms with E-state index in [9.17, 15) is 0 Å². The van der Waals surface area contributed by atoms with Gasteiger partial charge in [-0.2, -0.15) is 0 Å². The summed E-state index contributed by atoms with van der Waals surface area (Å²) in [6.45, 7) is 12.9. The molecule has 2 nitrogen and oxygen atoms in total. The lowest BCUT2D eigenvalue weighted by Gasteiger charge is -2.23. The van der Waals surface area contributed by atoms with E-state index in [4.69, 9.17) is 10.5 Å². The Balaban J connectivity index is 3.55. The van der Waals surface area contributed by atoms with Crippen LogP contribution in [0.15, 0.2) is 12.2 Å². The second-order valence-electron chi connectivity index (χ2n) is 4.66. The van der Waals surface area contributed by atoms with Crippen LogP contribution < -0.4 is 5.73 Å². The molecule has 0 bridgehead atoms. The fourth-order valence-electron chi connectivity index (χ4n) is 1.30. The lowest BCUT2D eigenvalue weighted by Crippen LogP contribution is -2.24. The number of rotatable bonds is 8. The SMILES string of the molecule is C=C(CCOCCC)CC(C)(C)CN. The summed E-state index contributed by atoms with van der Waals surface area (Å²) in [5.74, 6) is 0. The van der Waals surface area contributed by atoms with E-state index in [-0.39, 0.29) is 5.41 Å². The van der Waals surface area contributed by atoms with E-state index in [1.165, 1.54) is 5.57 Å². The predicted octanol–water partition coefficient (Wildman–Crippen LogP) is 2.73. The molecule has 0 aromatic rings. The molecule has 2 heteroatoms. The van der Waals surface area contributed by atoms with Gasteiger partial charge in [-0.25, -0.2) is 0 Å². The Morgan fingerprint density at radius 1 is 1.36 bits per heavy atom. The van der Waals surface area contributed by atoms with E-state index in [2.05, 4.69) is 27.4 Å². The van der Waals surface area contributed by atoms with Gasteiger partial charge in [0.2, 0.25) is 0 Å². The molecule has 0 aromatic heterocycles. The minimum Gasteiger partial charge on any atom is -0.381 e. The van der Waals surface area contributed by atoms with Crippen molar-refractivity contribution in [2.24, 2.45) is 11.1 Å². The van der Waals surface area contributed by atoms with Crippen LogP contribution >= 0.6 is 0 Å². The van der Waals surface area contributed by atoms with Crippen LogP contribution in [0.1, 0.15) is 40.0 Å². The normalized spacial score (nSPS) is 11.7. The molecule has 0 aliphatic carbocycles. The fourth-order valence-corrected chi connectivity index (χ4v) is 1.30. The molecule has 0 radical (unpaired) electrons. The van der Waals surface area contributed by atoms with E-state index >= 15 is 0 Å². The van der Waals surface area contributed by atoms with E-state index in [1.54, 1.807) is 0 Å². The summed E-state index contributed by atoms with van der Waals surface area (Å²) in [4.78, 5) is 0. The second kappa shape index (κ2) is 7.02. The maximum atomic E-state index is 5.66. The molecule has 0 heterocycles. The molecular weight excluding hydrogens is 174 g/mol. The quantitative estimate of drug-likeness (QED) is 0.482. The molecule has 0 atom stereocenters. The zero-order valence-electron chi connectivity index (χ0n) is 9.94. The Morgan fingerprint density at radius 2 is 2.00 bits per heavy atom. The van der Waals surface area contributed by atoms with Crippen LogP contribution in [0, 0.1) is 5.41 Å². The summed E-state index contributed by atoms with van der Waals surface area (Å²) in [5.41, 5.74) is 7.09. The number of nitrogens with two attached hydrogens (primary N) is 1. The average molecular weight is 199 g/mol. The van der Waals surface area contributed by atoms with E-state index in [0.717, 1.165) is 32.5 Å². The van der Waals surface area contributed by atoms with Crippen molar-refractivity contribution >= 4 is 0 Å². The van der Waals surface area contributed by atoms with Crippen molar-refractivity contribution in [3.63, 3.8) is 0 Å². The summed E-state index contributed by atoms with van der Waals surface area (Å²) in [6, 6.07) is 0. The minimum absolute atomic E-state index is 0.182. The Hall–Kier alpha value is -0.340. The van der Waals surface area contributed by atoms with Gasteiger partial charge in [-0.05, 0) is 31.2 Å². The molecule has 0 rings (SSSR count). The van der Waals surface area contributed by atoms with Gasteiger partial charge in [0.05, 0.1) is 6.61 Å². The van der Waals surface area contributed by atoms with Crippen LogP contribution in [0.2, 0.25) is 0 Å². The maximum Gasteiger partial charge on any atom is 0.0503 e. The van der Waals surface area contributed by atoms with Crippen molar-refractivity contribution < 1.29 is 4.74 Å². The maximum absolute atomic E-state index is 5.66. The van der Waals surface area contributed by atoms with Gasteiger partial charge in [0.25, 0.3) is 0 Å². The average Bonchev–Trinajstić information content (AvgIpc) is 2.12. The zero-order chi connectivity index (χ0) is 11.0. The zero-order valence-corrected chi connectivity index (χ0v) is 9.94.